The van der Waals surface area contributed by atoms with E-state index in [1.54, 1.807) is 12.1 Å². The van der Waals surface area contributed by atoms with Gasteiger partial charge >= 0.3 is 6.16 Å². The van der Waals surface area contributed by atoms with Gasteiger partial charge in [-0.3, -0.25) is 0 Å². The molecule has 0 amide bonds. The molecule has 0 unspecified atom stereocenters. The first kappa shape index (κ1) is 13.1. The smallest absolute Gasteiger partial charge is 0.434 e. The second kappa shape index (κ2) is 6.61. The van der Waals surface area contributed by atoms with Crippen LogP contribution in [0.2, 0.25) is 10.0 Å². The maximum Gasteiger partial charge on any atom is 0.513 e. The zero-order valence-corrected chi connectivity index (χ0v) is 10.3. The molecule has 1 aromatic rings. The van der Waals surface area contributed by atoms with Crippen molar-refractivity contribution >= 4 is 29.4 Å². The summed E-state index contributed by atoms with van der Waals surface area (Å²) in [5.41, 5.74) is 0. The monoisotopic (exact) mass is 262 g/mol. The predicted octanol–water partition coefficient (Wildman–Crippen LogP) is 4.31. The summed E-state index contributed by atoms with van der Waals surface area (Å²) >= 11 is 11.5. The van der Waals surface area contributed by atoms with Crippen LogP contribution < -0.4 is 4.74 Å². The van der Waals surface area contributed by atoms with Gasteiger partial charge in [-0.05, 0) is 18.6 Å². The molecular weight excluding hydrogens is 251 g/mol. The van der Waals surface area contributed by atoms with Gasteiger partial charge in [0.1, 0.15) is 0 Å². The summed E-state index contributed by atoms with van der Waals surface area (Å²) in [6.07, 6.45) is 0.987. The van der Waals surface area contributed by atoms with Gasteiger partial charge in [0.25, 0.3) is 0 Å². The highest BCUT2D eigenvalue weighted by molar-refractivity contribution is 6.34. The third-order valence-electron chi connectivity index (χ3n) is 1.80. The highest BCUT2D eigenvalue weighted by Gasteiger charge is 2.09. The molecule has 0 aliphatic rings. The Kier molecular flexibility index (Phi) is 5.43. The van der Waals surface area contributed by atoms with E-state index in [0.717, 1.165) is 12.8 Å². The zero-order chi connectivity index (χ0) is 12.0. The number of benzene rings is 1. The van der Waals surface area contributed by atoms with Gasteiger partial charge in [-0.1, -0.05) is 36.5 Å². The van der Waals surface area contributed by atoms with Gasteiger partial charge in [0.2, 0.25) is 0 Å². The van der Waals surface area contributed by atoms with Crippen LogP contribution in [0.4, 0.5) is 4.79 Å². The molecule has 0 bridgehead atoms. The van der Waals surface area contributed by atoms with E-state index in [1.165, 1.54) is 6.07 Å². The summed E-state index contributed by atoms with van der Waals surface area (Å²) in [5.74, 6) is 0.204. The molecule has 0 radical (unpaired) electrons. The van der Waals surface area contributed by atoms with Crippen molar-refractivity contribution in [3.05, 3.63) is 28.2 Å². The molecule has 1 aromatic carbocycles. The van der Waals surface area contributed by atoms with Crippen LogP contribution in [-0.2, 0) is 4.74 Å². The van der Waals surface area contributed by atoms with E-state index in [-0.39, 0.29) is 5.75 Å². The number of hydrogen-bond acceptors (Lipinski definition) is 3. The maximum atomic E-state index is 11.2. The second-order valence-electron chi connectivity index (χ2n) is 3.13. The fraction of sp³-hybridized carbons (Fsp3) is 0.364. The molecule has 0 saturated heterocycles. The first-order valence-electron chi connectivity index (χ1n) is 4.93. The van der Waals surface area contributed by atoms with Crippen LogP contribution >= 0.6 is 23.2 Å². The molecule has 16 heavy (non-hydrogen) atoms. The Hall–Kier alpha value is -0.930. The van der Waals surface area contributed by atoms with Crippen LogP contribution in [0.1, 0.15) is 19.8 Å². The van der Waals surface area contributed by atoms with Crippen molar-refractivity contribution in [1.82, 2.24) is 0 Å². The lowest BCUT2D eigenvalue weighted by Crippen LogP contribution is -2.11. The number of carbonyl (C=O) groups excluding carboxylic acids is 1. The van der Waals surface area contributed by atoms with E-state index in [9.17, 15) is 4.79 Å². The summed E-state index contributed by atoms with van der Waals surface area (Å²) in [6.45, 7) is 2.34. The number of halogens is 2. The van der Waals surface area contributed by atoms with Crippen molar-refractivity contribution in [3.8, 4) is 5.75 Å². The molecule has 0 fully saturated rings. The van der Waals surface area contributed by atoms with E-state index in [4.69, 9.17) is 32.7 Å². The fourth-order valence-electron chi connectivity index (χ4n) is 0.974. The minimum atomic E-state index is -0.766. The van der Waals surface area contributed by atoms with Crippen molar-refractivity contribution in [2.24, 2.45) is 0 Å². The Morgan fingerprint density at radius 2 is 2.12 bits per heavy atom. The third-order valence-corrected chi connectivity index (χ3v) is 2.35. The van der Waals surface area contributed by atoms with Gasteiger partial charge in [-0.2, -0.15) is 0 Å². The van der Waals surface area contributed by atoms with Crippen molar-refractivity contribution < 1.29 is 14.3 Å². The Labute approximate surface area is 104 Å². The van der Waals surface area contributed by atoms with Gasteiger partial charge in [0.05, 0.1) is 11.6 Å². The average molecular weight is 263 g/mol. The third kappa shape index (κ3) is 4.29. The first-order valence-corrected chi connectivity index (χ1v) is 5.68. The van der Waals surface area contributed by atoms with Crippen LogP contribution in [0, 0.1) is 0 Å². The van der Waals surface area contributed by atoms with E-state index in [2.05, 4.69) is 0 Å². The van der Waals surface area contributed by atoms with Crippen molar-refractivity contribution in [1.29, 1.82) is 0 Å². The molecule has 3 nitrogen and oxygen atoms in total. The SMILES string of the molecule is CCCCOC(=O)Oc1cc(Cl)ccc1Cl. The van der Waals surface area contributed by atoms with E-state index < -0.39 is 6.16 Å². The molecular formula is C11H12Cl2O3. The standard InChI is InChI=1S/C11H12Cl2O3/c1-2-3-6-15-11(14)16-10-7-8(12)4-5-9(10)13/h4-5,7H,2-3,6H2,1H3. The molecule has 0 heterocycles. The highest BCUT2D eigenvalue weighted by Crippen LogP contribution is 2.27. The lowest BCUT2D eigenvalue weighted by atomic mass is 10.3. The molecule has 0 spiro atoms. The van der Waals surface area contributed by atoms with Crippen LogP contribution in [0.3, 0.4) is 0 Å². The topological polar surface area (TPSA) is 35.5 Å². The number of ether oxygens (including phenoxy) is 2. The van der Waals surface area contributed by atoms with Crippen molar-refractivity contribution in [2.75, 3.05) is 6.61 Å². The lowest BCUT2D eigenvalue weighted by molar-refractivity contribution is 0.0979. The minimum absolute atomic E-state index is 0.204. The molecule has 88 valence electrons. The Morgan fingerprint density at radius 1 is 1.38 bits per heavy atom. The molecule has 1 rings (SSSR count). The summed E-state index contributed by atoms with van der Waals surface area (Å²) in [6, 6.07) is 4.63. The van der Waals surface area contributed by atoms with Crippen LogP contribution in [-0.4, -0.2) is 12.8 Å². The number of hydrogen-bond donors (Lipinski definition) is 0. The number of rotatable bonds is 4. The normalized spacial score (nSPS) is 9.94. The maximum absolute atomic E-state index is 11.2. The predicted molar refractivity (Wildman–Crippen MR) is 63.3 cm³/mol. The zero-order valence-electron chi connectivity index (χ0n) is 8.83. The lowest BCUT2D eigenvalue weighted by Gasteiger charge is -2.06. The summed E-state index contributed by atoms with van der Waals surface area (Å²) in [5, 5.41) is 0.762. The second-order valence-corrected chi connectivity index (χ2v) is 3.97. The van der Waals surface area contributed by atoms with E-state index in [0.29, 0.717) is 16.7 Å². The average Bonchev–Trinajstić information content (AvgIpc) is 2.24. The van der Waals surface area contributed by atoms with E-state index >= 15 is 0 Å². The number of unbranched alkanes of at least 4 members (excludes halogenated alkanes) is 1. The highest BCUT2D eigenvalue weighted by atomic mass is 35.5. The van der Waals surface area contributed by atoms with Gasteiger partial charge in [-0.25, -0.2) is 4.79 Å². The molecule has 0 N–H and O–H groups in total. The first-order chi connectivity index (χ1) is 7.63. The van der Waals surface area contributed by atoms with Gasteiger partial charge in [-0.15, -0.1) is 0 Å². The van der Waals surface area contributed by atoms with Crippen molar-refractivity contribution in [2.45, 2.75) is 19.8 Å². The Morgan fingerprint density at radius 3 is 2.81 bits per heavy atom. The molecule has 0 aromatic heterocycles. The van der Waals surface area contributed by atoms with Crippen molar-refractivity contribution in [3.63, 3.8) is 0 Å². The van der Waals surface area contributed by atoms with Crippen LogP contribution in [0.5, 0.6) is 5.75 Å². The molecule has 0 saturated carbocycles. The molecule has 5 heteroatoms. The van der Waals surface area contributed by atoms with Crippen LogP contribution in [0.15, 0.2) is 18.2 Å². The number of carbonyl (C=O) groups is 1. The summed E-state index contributed by atoms with van der Waals surface area (Å²) in [7, 11) is 0. The molecule has 0 aliphatic carbocycles. The minimum Gasteiger partial charge on any atom is -0.434 e. The molecule has 0 atom stereocenters. The summed E-state index contributed by atoms with van der Waals surface area (Å²) in [4.78, 5) is 11.2. The fourth-order valence-corrected chi connectivity index (χ4v) is 1.29. The summed E-state index contributed by atoms with van der Waals surface area (Å²) < 4.78 is 9.71. The van der Waals surface area contributed by atoms with Gasteiger partial charge in [0.15, 0.2) is 5.75 Å². The van der Waals surface area contributed by atoms with Gasteiger partial charge < -0.3 is 9.47 Å². The quantitative estimate of drug-likeness (QED) is 0.461. The van der Waals surface area contributed by atoms with E-state index in [1.807, 2.05) is 6.92 Å². The molecule has 0 aliphatic heterocycles. The van der Waals surface area contributed by atoms with Crippen LogP contribution in [0.25, 0.3) is 0 Å². The Bertz CT molecular complexity index is 366. The Balaban J connectivity index is 2.52. The van der Waals surface area contributed by atoms with Gasteiger partial charge in [0, 0.05) is 11.1 Å². The largest absolute Gasteiger partial charge is 0.513 e.